The molecule has 2 heterocycles. The highest BCUT2D eigenvalue weighted by Gasteiger charge is 2.20. The molecule has 0 saturated heterocycles. The second-order valence-electron chi connectivity index (χ2n) is 5.00. The van der Waals surface area contributed by atoms with Gasteiger partial charge in [0.1, 0.15) is 17.2 Å². The van der Waals surface area contributed by atoms with Crippen LogP contribution in [-0.2, 0) is 6.61 Å². The van der Waals surface area contributed by atoms with Gasteiger partial charge in [-0.15, -0.1) is 5.10 Å². The van der Waals surface area contributed by atoms with E-state index >= 15 is 0 Å². The van der Waals surface area contributed by atoms with Crippen LogP contribution >= 0.6 is 0 Å². The molecule has 2 aromatic carbocycles. The topological polar surface area (TPSA) is 69.4 Å². The monoisotopic (exact) mass is 313 g/mol. The third kappa shape index (κ3) is 2.31. The highest BCUT2D eigenvalue weighted by atomic mass is 19.1. The molecule has 4 rings (SSSR count). The van der Waals surface area contributed by atoms with E-state index in [4.69, 9.17) is 9.47 Å². The highest BCUT2D eigenvalue weighted by molar-refractivity contribution is 5.68. The third-order valence-corrected chi connectivity index (χ3v) is 3.59. The zero-order valence-electron chi connectivity index (χ0n) is 11.9. The number of aliphatic hydroxyl groups is 1. The van der Waals surface area contributed by atoms with Crippen LogP contribution in [0.5, 0.6) is 11.5 Å². The van der Waals surface area contributed by atoms with Crippen LogP contribution in [0.2, 0.25) is 0 Å². The Balaban J connectivity index is 1.89. The van der Waals surface area contributed by atoms with Crippen LogP contribution in [0, 0.1) is 5.82 Å². The van der Waals surface area contributed by atoms with Crippen molar-refractivity contribution in [1.29, 1.82) is 0 Å². The molecule has 116 valence electrons. The summed E-state index contributed by atoms with van der Waals surface area (Å²) in [5.41, 5.74) is 2.24. The van der Waals surface area contributed by atoms with Gasteiger partial charge in [-0.3, -0.25) is 0 Å². The molecule has 1 aliphatic heterocycles. The average molecular weight is 313 g/mol. The molecule has 0 atom stereocenters. The summed E-state index contributed by atoms with van der Waals surface area (Å²) < 4.78 is 25.7. The maximum Gasteiger partial charge on any atom is 0.231 e. The van der Waals surface area contributed by atoms with Gasteiger partial charge in [-0.1, -0.05) is 11.3 Å². The van der Waals surface area contributed by atoms with Crippen LogP contribution in [0.15, 0.2) is 42.5 Å². The van der Waals surface area contributed by atoms with Crippen molar-refractivity contribution in [3.05, 3.63) is 54.0 Å². The SMILES string of the molecule is OCc1nnn(-c2cccc(F)c2)c1-c1ccc2c(c1)OCO2. The Bertz CT molecular complexity index is 879. The van der Waals surface area contributed by atoms with Crippen molar-refractivity contribution in [1.82, 2.24) is 15.0 Å². The Kier molecular flexibility index (Phi) is 3.20. The maximum absolute atomic E-state index is 13.5. The number of halogens is 1. The summed E-state index contributed by atoms with van der Waals surface area (Å²) in [4.78, 5) is 0. The van der Waals surface area contributed by atoms with Gasteiger partial charge in [0.2, 0.25) is 6.79 Å². The first kappa shape index (κ1) is 13.7. The summed E-state index contributed by atoms with van der Waals surface area (Å²) >= 11 is 0. The summed E-state index contributed by atoms with van der Waals surface area (Å²) in [7, 11) is 0. The number of ether oxygens (including phenoxy) is 2. The first-order chi connectivity index (χ1) is 11.3. The number of rotatable bonds is 3. The van der Waals surface area contributed by atoms with E-state index in [0.29, 0.717) is 28.6 Å². The van der Waals surface area contributed by atoms with Crippen molar-refractivity contribution in [2.45, 2.75) is 6.61 Å². The molecule has 0 fully saturated rings. The van der Waals surface area contributed by atoms with Gasteiger partial charge in [0, 0.05) is 5.56 Å². The number of benzene rings is 2. The zero-order valence-corrected chi connectivity index (χ0v) is 11.9. The lowest BCUT2D eigenvalue weighted by Crippen LogP contribution is -2.00. The summed E-state index contributed by atoms with van der Waals surface area (Å²) in [6.07, 6.45) is 0. The first-order valence-corrected chi connectivity index (χ1v) is 6.97. The lowest BCUT2D eigenvalue weighted by molar-refractivity contribution is 0.174. The number of hydrogen-bond acceptors (Lipinski definition) is 5. The second-order valence-corrected chi connectivity index (χ2v) is 5.00. The maximum atomic E-state index is 13.5. The zero-order chi connectivity index (χ0) is 15.8. The quantitative estimate of drug-likeness (QED) is 0.803. The normalized spacial score (nSPS) is 12.6. The van der Waals surface area contributed by atoms with Crippen molar-refractivity contribution in [3.63, 3.8) is 0 Å². The number of hydrogen-bond donors (Lipinski definition) is 1. The minimum Gasteiger partial charge on any atom is -0.454 e. The summed E-state index contributed by atoms with van der Waals surface area (Å²) in [6, 6.07) is 11.4. The van der Waals surface area contributed by atoms with Crippen LogP contribution in [0.25, 0.3) is 16.9 Å². The molecule has 0 bridgehead atoms. The fraction of sp³-hybridized carbons (Fsp3) is 0.125. The summed E-state index contributed by atoms with van der Waals surface area (Å²) in [6.45, 7) is -0.105. The van der Waals surface area contributed by atoms with Gasteiger partial charge in [-0.05, 0) is 36.4 Å². The van der Waals surface area contributed by atoms with Crippen LogP contribution in [0.4, 0.5) is 4.39 Å². The van der Waals surface area contributed by atoms with Gasteiger partial charge in [-0.2, -0.15) is 0 Å². The van der Waals surface area contributed by atoms with E-state index in [-0.39, 0.29) is 19.2 Å². The smallest absolute Gasteiger partial charge is 0.231 e. The largest absolute Gasteiger partial charge is 0.454 e. The molecule has 3 aromatic rings. The van der Waals surface area contributed by atoms with Gasteiger partial charge in [-0.25, -0.2) is 9.07 Å². The minimum absolute atomic E-state index is 0.174. The van der Waals surface area contributed by atoms with Crippen molar-refractivity contribution in [2.24, 2.45) is 0 Å². The van der Waals surface area contributed by atoms with Gasteiger partial charge in [0.05, 0.1) is 12.3 Å². The van der Waals surface area contributed by atoms with Crippen molar-refractivity contribution in [2.75, 3.05) is 6.79 Å². The van der Waals surface area contributed by atoms with Gasteiger partial charge in [0.25, 0.3) is 0 Å². The summed E-state index contributed by atoms with van der Waals surface area (Å²) in [5.74, 6) is 0.891. The second kappa shape index (κ2) is 5.36. The molecule has 0 unspecified atom stereocenters. The number of nitrogens with zero attached hydrogens (tertiary/aromatic N) is 3. The molecule has 0 amide bonds. The molecule has 1 aromatic heterocycles. The molecule has 0 spiro atoms. The van der Waals surface area contributed by atoms with Crippen molar-refractivity contribution < 1.29 is 19.0 Å². The van der Waals surface area contributed by atoms with Gasteiger partial charge >= 0.3 is 0 Å². The molecule has 0 aliphatic carbocycles. The van der Waals surface area contributed by atoms with Crippen LogP contribution in [0.1, 0.15) is 5.69 Å². The van der Waals surface area contributed by atoms with E-state index in [1.54, 1.807) is 24.3 Å². The number of fused-ring (bicyclic) bond motifs is 1. The van der Waals surface area contributed by atoms with Crippen LogP contribution in [-0.4, -0.2) is 26.9 Å². The Morgan fingerprint density at radius 1 is 1.13 bits per heavy atom. The predicted molar refractivity (Wildman–Crippen MR) is 78.8 cm³/mol. The fourth-order valence-electron chi connectivity index (χ4n) is 2.54. The van der Waals surface area contributed by atoms with Crippen molar-refractivity contribution >= 4 is 0 Å². The van der Waals surface area contributed by atoms with E-state index in [1.807, 2.05) is 6.07 Å². The molecule has 0 saturated carbocycles. The van der Waals surface area contributed by atoms with E-state index in [2.05, 4.69) is 10.3 Å². The van der Waals surface area contributed by atoms with E-state index in [1.165, 1.54) is 16.8 Å². The molecule has 0 radical (unpaired) electrons. The molecule has 23 heavy (non-hydrogen) atoms. The first-order valence-electron chi connectivity index (χ1n) is 6.97. The third-order valence-electron chi connectivity index (χ3n) is 3.59. The molecular formula is C16H12FN3O3. The van der Waals surface area contributed by atoms with Gasteiger partial charge < -0.3 is 14.6 Å². The Labute approximate surface area is 130 Å². The van der Waals surface area contributed by atoms with E-state index in [0.717, 1.165) is 5.56 Å². The Morgan fingerprint density at radius 2 is 2.00 bits per heavy atom. The lowest BCUT2D eigenvalue weighted by Gasteiger charge is -2.08. The molecule has 6 nitrogen and oxygen atoms in total. The summed E-state index contributed by atoms with van der Waals surface area (Å²) in [5, 5.41) is 17.6. The van der Waals surface area contributed by atoms with Crippen LogP contribution in [0.3, 0.4) is 0 Å². The lowest BCUT2D eigenvalue weighted by atomic mass is 10.1. The standard InChI is InChI=1S/C16H12FN3O3/c17-11-2-1-3-12(7-11)20-16(13(8-21)18-19-20)10-4-5-14-15(6-10)23-9-22-14/h1-7,21H,8-9H2. The fourth-order valence-corrected chi connectivity index (χ4v) is 2.54. The van der Waals surface area contributed by atoms with E-state index < -0.39 is 0 Å². The molecule has 7 heteroatoms. The minimum atomic E-state index is -0.375. The molecular weight excluding hydrogens is 301 g/mol. The molecule has 1 N–H and O–H groups in total. The Morgan fingerprint density at radius 3 is 2.83 bits per heavy atom. The predicted octanol–water partition coefficient (Wildman–Crippen LogP) is 2.29. The van der Waals surface area contributed by atoms with E-state index in [9.17, 15) is 9.50 Å². The van der Waals surface area contributed by atoms with Crippen LogP contribution < -0.4 is 9.47 Å². The number of aromatic nitrogens is 3. The number of aliphatic hydroxyl groups excluding tert-OH is 1. The average Bonchev–Trinajstić information content (AvgIpc) is 3.20. The van der Waals surface area contributed by atoms with Crippen molar-refractivity contribution in [3.8, 4) is 28.4 Å². The molecule has 1 aliphatic rings. The Hall–Kier alpha value is -2.93. The highest BCUT2D eigenvalue weighted by Crippen LogP contribution is 2.37. The van der Waals surface area contributed by atoms with Gasteiger partial charge in [0.15, 0.2) is 11.5 Å².